The van der Waals surface area contributed by atoms with Crippen LogP contribution >= 0.6 is 0 Å². The highest BCUT2D eigenvalue weighted by Gasteiger charge is 2.25. The number of rotatable bonds is 3. The Bertz CT molecular complexity index is 781. The van der Waals surface area contributed by atoms with Crippen LogP contribution in [0, 0.1) is 0 Å². The van der Waals surface area contributed by atoms with Gasteiger partial charge in [-0.25, -0.2) is 0 Å². The third kappa shape index (κ3) is 3.21. The van der Waals surface area contributed by atoms with E-state index in [0.717, 1.165) is 54.9 Å². The number of nitrogens with two attached hydrogens (primary N) is 1. The minimum atomic E-state index is 0.0171. The average molecular weight is 336 g/mol. The van der Waals surface area contributed by atoms with E-state index in [2.05, 4.69) is 0 Å². The van der Waals surface area contributed by atoms with Crippen LogP contribution in [0.3, 0.4) is 0 Å². The number of fused-ring (bicyclic) bond motifs is 1. The highest BCUT2D eigenvalue weighted by molar-refractivity contribution is 6.07. The molecular formula is C21H24N2O2. The zero-order valence-electron chi connectivity index (χ0n) is 14.4. The molecule has 1 amide bonds. The minimum Gasteiger partial charge on any atom is -0.490 e. The summed E-state index contributed by atoms with van der Waals surface area (Å²) in [5.74, 6) is 0.811. The number of benzene rings is 2. The van der Waals surface area contributed by atoms with Gasteiger partial charge in [-0.2, -0.15) is 0 Å². The number of carbonyl (C=O) groups is 1. The molecule has 2 aromatic rings. The third-order valence-electron chi connectivity index (χ3n) is 5.22. The normalized spacial score (nSPS) is 17.4. The van der Waals surface area contributed by atoms with Crippen molar-refractivity contribution in [2.75, 3.05) is 17.2 Å². The van der Waals surface area contributed by atoms with E-state index in [0.29, 0.717) is 11.7 Å². The zero-order valence-corrected chi connectivity index (χ0v) is 14.4. The van der Waals surface area contributed by atoms with Crippen molar-refractivity contribution in [3.63, 3.8) is 0 Å². The molecule has 2 aliphatic rings. The van der Waals surface area contributed by atoms with Gasteiger partial charge in [-0.05, 0) is 74.4 Å². The molecule has 4 heteroatoms. The van der Waals surface area contributed by atoms with Crippen LogP contribution in [-0.4, -0.2) is 18.6 Å². The van der Waals surface area contributed by atoms with Gasteiger partial charge in [0.1, 0.15) is 5.75 Å². The fourth-order valence-corrected chi connectivity index (χ4v) is 3.92. The molecule has 2 aromatic carbocycles. The molecule has 0 bridgehead atoms. The van der Waals surface area contributed by atoms with Gasteiger partial charge in [0.05, 0.1) is 6.10 Å². The topological polar surface area (TPSA) is 55.6 Å². The number of hydrogen-bond acceptors (Lipinski definition) is 3. The van der Waals surface area contributed by atoms with E-state index in [9.17, 15) is 4.79 Å². The van der Waals surface area contributed by atoms with E-state index < -0.39 is 0 Å². The largest absolute Gasteiger partial charge is 0.490 e. The summed E-state index contributed by atoms with van der Waals surface area (Å²) in [7, 11) is 0. The summed E-state index contributed by atoms with van der Waals surface area (Å²) in [5, 5.41) is 0. The van der Waals surface area contributed by atoms with Crippen LogP contribution in [0.1, 0.15) is 48.0 Å². The van der Waals surface area contributed by atoms with Gasteiger partial charge >= 0.3 is 0 Å². The van der Waals surface area contributed by atoms with Crippen LogP contribution in [0.2, 0.25) is 0 Å². The lowest BCUT2D eigenvalue weighted by atomic mass is 9.99. The Labute approximate surface area is 148 Å². The molecular weight excluding hydrogens is 312 g/mol. The SMILES string of the molecule is Nc1cccc2c1CCCN2C(=O)c1cccc(OC2CCCC2)c1. The number of nitrogens with zero attached hydrogens (tertiary/aromatic N) is 1. The molecule has 1 aliphatic carbocycles. The Morgan fingerprint density at radius 2 is 1.88 bits per heavy atom. The standard InChI is InChI=1S/C21H24N2O2/c22-19-11-4-12-20-18(19)10-5-13-23(20)21(24)15-6-3-9-17(14-15)25-16-7-1-2-8-16/h3-4,6,9,11-12,14,16H,1-2,5,7-8,10,13,22H2. The van der Waals surface area contributed by atoms with Crippen LogP contribution in [-0.2, 0) is 6.42 Å². The van der Waals surface area contributed by atoms with Crippen molar-refractivity contribution in [2.24, 2.45) is 0 Å². The molecule has 2 N–H and O–H groups in total. The van der Waals surface area contributed by atoms with Gasteiger partial charge in [0, 0.05) is 23.5 Å². The van der Waals surface area contributed by atoms with Crippen LogP contribution in [0.4, 0.5) is 11.4 Å². The fourth-order valence-electron chi connectivity index (χ4n) is 3.92. The van der Waals surface area contributed by atoms with Crippen molar-refractivity contribution >= 4 is 17.3 Å². The molecule has 1 heterocycles. The monoisotopic (exact) mass is 336 g/mol. The fraction of sp³-hybridized carbons (Fsp3) is 0.381. The van der Waals surface area contributed by atoms with Crippen LogP contribution < -0.4 is 15.4 Å². The van der Waals surface area contributed by atoms with Crippen molar-refractivity contribution < 1.29 is 9.53 Å². The van der Waals surface area contributed by atoms with Gasteiger partial charge in [-0.1, -0.05) is 12.1 Å². The number of ether oxygens (including phenoxy) is 1. The summed E-state index contributed by atoms with van der Waals surface area (Å²) in [6.45, 7) is 0.725. The number of nitrogen functional groups attached to an aromatic ring is 1. The molecule has 0 atom stereocenters. The molecule has 4 nitrogen and oxygen atoms in total. The Kier molecular flexibility index (Phi) is 4.35. The quantitative estimate of drug-likeness (QED) is 0.855. The maximum absolute atomic E-state index is 13.1. The Hall–Kier alpha value is -2.49. The van der Waals surface area contributed by atoms with Crippen molar-refractivity contribution in [3.8, 4) is 5.75 Å². The second-order valence-electron chi connectivity index (χ2n) is 6.96. The lowest BCUT2D eigenvalue weighted by Gasteiger charge is -2.30. The van der Waals surface area contributed by atoms with E-state index in [1.54, 1.807) is 0 Å². The molecule has 25 heavy (non-hydrogen) atoms. The third-order valence-corrected chi connectivity index (χ3v) is 5.22. The van der Waals surface area contributed by atoms with Gasteiger partial charge in [0.15, 0.2) is 0 Å². The molecule has 0 aromatic heterocycles. The zero-order chi connectivity index (χ0) is 17.2. The first kappa shape index (κ1) is 16.0. The summed E-state index contributed by atoms with van der Waals surface area (Å²) >= 11 is 0. The molecule has 0 radical (unpaired) electrons. The number of amides is 1. The molecule has 0 unspecified atom stereocenters. The maximum Gasteiger partial charge on any atom is 0.258 e. The lowest BCUT2D eigenvalue weighted by molar-refractivity contribution is 0.0984. The summed E-state index contributed by atoms with van der Waals surface area (Å²) in [5.41, 5.74) is 9.57. The molecule has 1 saturated carbocycles. The predicted molar refractivity (Wildman–Crippen MR) is 100 cm³/mol. The molecule has 0 spiro atoms. The predicted octanol–water partition coefficient (Wildman–Crippen LogP) is 4.18. The smallest absolute Gasteiger partial charge is 0.258 e. The maximum atomic E-state index is 13.1. The van der Waals surface area contributed by atoms with Gasteiger partial charge in [0.2, 0.25) is 0 Å². The van der Waals surface area contributed by atoms with Crippen molar-refractivity contribution in [2.45, 2.75) is 44.6 Å². The van der Waals surface area contributed by atoms with Gasteiger partial charge in [0.25, 0.3) is 5.91 Å². The Morgan fingerprint density at radius 1 is 1.08 bits per heavy atom. The second-order valence-corrected chi connectivity index (χ2v) is 6.96. The van der Waals surface area contributed by atoms with E-state index >= 15 is 0 Å². The first-order valence-electron chi connectivity index (χ1n) is 9.18. The summed E-state index contributed by atoms with van der Waals surface area (Å²) in [6, 6.07) is 13.4. The highest BCUT2D eigenvalue weighted by Crippen LogP contribution is 2.33. The lowest BCUT2D eigenvalue weighted by Crippen LogP contribution is -2.35. The summed E-state index contributed by atoms with van der Waals surface area (Å²) in [6.07, 6.45) is 6.83. The molecule has 1 fully saturated rings. The van der Waals surface area contributed by atoms with Crippen LogP contribution in [0.15, 0.2) is 42.5 Å². The molecule has 130 valence electrons. The van der Waals surface area contributed by atoms with E-state index in [-0.39, 0.29) is 5.91 Å². The van der Waals surface area contributed by atoms with Gasteiger partial charge in [-0.3, -0.25) is 4.79 Å². The molecule has 1 aliphatic heterocycles. The van der Waals surface area contributed by atoms with Crippen molar-refractivity contribution in [1.82, 2.24) is 0 Å². The van der Waals surface area contributed by atoms with E-state index in [1.165, 1.54) is 12.8 Å². The first-order valence-corrected chi connectivity index (χ1v) is 9.18. The molecule has 4 rings (SSSR count). The first-order chi connectivity index (χ1) is 12.2. The van der Waals surface area contributed by atoms with Crippen molar-refractivity contribution in [3.05, 3.63) is 53.6 Å². The van der Waals surface area contributed by atoms with Crippen LogP contribution in [0.5, 0.6) is 5.75 Å². The Balaban J connectivity index is 1.58. The van der Waals surface area contributed by atoms with Crippen molar-refractivity contribution in [1.29, 1.82) is 0 Å². The second kappa shape index (κ2) is 6.79. The average Bonchev–Trinajstić information content (AvgIpc) is 3.14. The van der Waals surface area contributed by atoms with Gasteiger partial charge < -0.3 is 15.4 Å². The summed E-state index contributed by atoms with van der Waals surface area (Å²) in [4.78, 5) is 14.9. The molecule has 0 saturated heterocycles. The van der Waals surface area contributed by atoms with Crippen LogP contribution in [0.25, 0.3) is 0 Å². The highest BCUT2D eigenvalue weighted by atomic mass is 16.5. The van der Waals surface area contributed by atoms with E-state index in [4.69, 9.17) is 10.5 Å². The van der Waals surface area contributed by atoms with E-state index in [1.807, 2.05) is 47.4 Å². The minimum absolute atomic E-state index is 0.0171. The number of hydrogen-bond donors (Lipinski definition) is 1. The number of anilines is 2. The Morgan fingerprint density at radius 3 is 2.72 bits per heavy atom. The van der Waals surface area contributed by atoms with Gasteiger partial charge in [-0.15, -0.1) is 0 Å². The number of carbonyl (C=O) groups excluding carboxylic acids is 1. The summed E-state index contributed by atoms with van der Waals surface area (Å²) < 4.78 is 6.05.